The minimum atomic E-state index is -0.319. The maximum atomic E-state index is 12.6. The van der Waals surface area contributed by atoms with Gasteiger partial charge in [0.25, 0.3) is 11.1 Å². The van der Waals surface area contributed by atoms with Crippen LogP contribution in [-0.4, -0.2) is 28.3 Å². The second kappa shape index (κ2) is 8.17. The van der Waals surface area contributed by atoms with Crippen LogP contribution >= 0.6 is 56.9 Å². The van der Waals surface area contributed by atoms with Crippen molar-refractivity contribution in [3.05, 3.63) is 59.6 Å². The smallest absolute Gasteiger partial charge is 0.293 e. The Bertz CT molecular complexity index is 912. The number of ether oxygens (including phenoxy) is 1. The van der Waals surface area contributed by atoms with Crippen LogP contribution in [0.25, 0.3) is 6.08 Å². The van der Waals surface area contributed by atoms with Gasteiger partial charge in [-0.05, 0) is 98.4 Å². The maximum absolute atomic E-state index is 12.6. The van der Waals surface area contributed by atoms with Gasteiger partial charge in [-0.1, -0.05) is 12.1 Å². The lowest BCUT2D eigenvalue weighted by atomic mass is 10.1. The fourth-order valence-corrected chi connectivity index (χ4v) is 4.22. The summed E-state index contributed by atoms with van der Waals surface area (Å²) in [5.74, 6) is 0.0546. The molecule has 134 valence electrons. The van der Waals surface area contributed by atoms with Gasteiger partial charge in [-0.15, -0.1) is 0 Å². The zero-order valence-electron chi connectivity index (χ0n) is 13.5. The number of phenolic OH excluding ortho intramolecular Hbond substituents is 1. The fourth-order valence-electron chi connectivity index (χ4n) is 2.39. The molecule has 2 aromatic carbocycles. The normalized spacial score (nSPS) is 15.8. The van der Waals surface area contributed by atoms with Gasteiger partial charge in [0.05, 0.1) is 22.1 Å². The number of imide groups is 1. The topological polar surface area (TPSA) is 66.8 Å². The summed E-state index contributed by atoms with van der Waals surface area (Å²) in [4.78, 5) is 26.5. The second-order valence-electron chi connectivity index (χ2n) is 5.45. The average molecular weight is 593 g/mol. The van der Waals surface area contributed by atoms with Crippen molar-refractivity contribution >= 4 is 74.2 Å². The zero-order valence-corrected chi connectivity index (χ0v) is 18.7. The number of halogens is 2. The van der Waals surface area contributed by atoms with Crippen LogP contribution in [0.1, 0.15) is 11.1 Å². The number of rotatable bonds is 4. The Morgan fingerprint density at radius 2 is 1.88 bits per heavy atom. The summed E-state index contributed by atoms with van der Waals surface area (Å²) in [7, 11) is 1.46. The predicted molar refractivity (Wildman–Crippen MR) is 118 cm³/mol. The van der Waals surface area contributed by atoms with E-state index in [4.69, 9.17) is 4.74 Å². The highest BCUT2D eigenvalue weighted by Gasteiger charge is 2.35. The summed E-state index contributed by atoms with van der Waals surface area (Å²) in [6.45, 7) is 0.245. The molecule has 0 unspecified atom stereocenters. The van der Waals surface area contributed by atoms with E-state index < -0.39 is 0 Å². The molecule has 1 aliphatic rings. The van der Waals surface area contributed by atoms with Gasteiger partial charge in [-0.25, -0.2) is 0 Å². The summed E-state index contributed by atoms with van der Waals surface area (Å²) >= 11 is 5.11. The van der Waals surface area contributed by atoms with Gasteiger partial charge in [0.2, 0.25) is 0 Å². The van der Waals surface area contributed by atoms with E-state index in [9.17, 15) is 14.7 Å². The van der Waals surface area contributed by atoms with E-state index >= 15 is 0 Å². The molecule has 0 radical (unpaired) electrons. The Morgan fingerprint density at radius 1 is 1.19 bits per heavy atom. The minimum Gasteiger partial charge on any atom is -0.504 e. The Balaban J connectivity index is 1.85. The summed E-state index contributed by atoms with van der Waals surface area (Å²) < 4.78 is 6.83. The fraction of sp³-hybridized carbons (Fsp3) is 0.111. The largest absolute Gasteiger partial charge is 0.504 e. The van der Waals surface area contributed by atoms with Crippen LogP contribution in [-0.2, 0) is 11.3 Å². The third-order valence-corrected chi connectivity index (χ3v) is 6.14. The third kappa shape index (κ3) is 4.17. The van der Waals surface area contributed by atoms with Crippen LogP contribution in [0.3, 0.4) is 0 Å². The molecule has 0 aromatic heterocycles. The van der Waals surface area contributed by atoms with Gasteiger partial charge in [0.15, 0.2) is 11.5 Å². The minimum absolute atomic E-state index is 0.0528. The monoisotopic (exact) mass is 593 g/mol. The molecule has 1 aliphatic heterocycles. The van der Waals surface area contributed by atoms with E-state index in [1.165, 1.54) is 12.0 Å². The number of aromatic hydroxyl groups is 1. The van der Waals surface area contributed by atoms with Crippen molar-refractivity contribution in [2.75, 3.05) is 7.11 Å². The number of phenols is 1. The zero-order chi connectivity index (χ0) is 18.8. The highest BCUT2D eigenvalue weighted by molar-refractivity contribution is 14.1. The molecular weight excluding hydrogens is 580 g/mol. The van der Waals surface area contributed by atoms with E-state index in [1.807, 2.05) is 46.9 Å². The number of thioether (sulfide) groups is 1. The van der Waals surface area contributed by atoms with Gasteiger partial charge in [0.1, 0.15) is 0 Å². The van der Waals surface area contributed by atoms with Gasteiger partial charge < -0.3 is 9.84 Å². The molecule has 1 fully saturated rings. The van der Waals surface area contributed by atoms with Crippen LogP contribution in [0.15, 0.2) is 41.3 Å². The van der Waals surface area contributed by atoms with Crippen LogP contribution in [0.4, 0.5) is 4.79 Å². The van der Waals surface area contributed by atoms with Gasteiger partial charge in [0, 0.05) is 3.57 Å². The van der Waals surface area contributed by atoms with Gasteiger partial charge in [-0.3, -0.25) is 14.5 Å². The van der Waals surface area contributed by atoms with Crippen molar-refractivity contribution in [1.82, 2.24) is 4.90 Å². The molecule has 0 bridgehead atoms. The van der Waals surface area contributed by atoms with Crippen molar-refractivity contribution in [1.29, 1.82) is 0 Å². The molecule has 1 N–H and O–H groups in total. The maximum Gasteiger partial charge on any atom is 0.293 e. The molecule has 1 saturated heterocycles. The molecule has 0 saturated carbocycles. The van der Waals surface area contributed by atoms with Crippen molar-refractivity contribution in [3.8, 4) is 11.5 Å². The van der Waals surface area contributed by atoms with E-state index in [-0.39, 0.29) is 23.4 Å². The second-order valence-corrected chi connectivity index (χ2v) is 8.85. The number of methoxy groups -OCH3 is 1. The van der Waals surface area contributed by atoms with Crippen molar-refractivity contribution in [2.45, 2.75) is 6.54 Å². The molecule has 1 heterocycles. The first kappa shape index (κ1) is 19.5. The van der Waals surface area contributed by atoms with Crippen molar-refractivity contribution < 1.29 is 19.4 Å². The highest BCUT2D eigenvalue weighted by atomic mass is 127. The van der Waals surface area contributed by atoms with Crippen LogP contribution < -0.4 is 4.74 Å². The van der Waals surface area contributed by atoms with Gasteiger partial charge >= 0.3 is 0 Å². The lowest BCUT2D eigenvalue weighted by molar-refractivity contribution is -0.123. The molecule has 8 heteroatoms. The summed E-state index contributed by atoms with van der Waals surface area (Å²) in [5.41, 5.74) is 1.58. The summed E-state index contributed by atoms with van der Waals surface area (Å²) in [5, 5.41) is 9.62. The number of nitrogens with zero attached hydrogens (tertiary/aromatic N) is 1. The lowest BCUT2D eigenvalue weighted by Gasteiger charge is -2.12. The quantitative estimate of drug-likeness (QED) is 0.406. The SMILES string of the molecule is COc1cc(/C=C2\SC(=O)N(Cc3ccc(I)cc3)C2=O)cc(I)c1O. The first-order valence-electron chi connectivity index (χ1n) is 7.45. The van der Waals surface area contributed by atoms with Crippen LogP contribution in [0, 0.1) is 7.14 Å². The summed E-state index contributed by atoms with van der Waals surface area (Å²) in [6, 6.07) is 11.0. The molecule has 2 amide bonds. The molecule has 5 nitrogen and oxygen atoms in total. The molecule has 0 spiro atoms. The Labute approximate surface area is 182 Å². The number of benzene rings is 2. The molecule has 0 atom stereocenters. The first-order valence-corrected chi connectivity index (χ1v) is 10.4. The van der Waals surface area contributed by atoms with Crippen molar-refractivity contribution in [3.63, 3.8) is 0 Å². The Hall–Kier alpha value is -1.27. The predicted octanol–water partition coefficient (Wildman–Crippen LogP) is 4.85. The Kier molecular flexibility index (Phi) is 6.13. The molecular formula is C18H13I2NO4S. The van der Waals surface area contributed by atoms with E-state index in [1.54, 1.807) is 18.2 Å². The number of amides is 2. The van der Waals surface area contributed by atoms with Crippen LogP contribution in [0.5, 0.6) is 11.5 Å². The molecule has 3 rings (SSSR count). The average Bonchev–Trinajstić information content (AvgIpc) is 2.87. The lowest BCUT2D eigenvalue weighted by Crippen LogP contribution is -2.27. The van der Waals surface area contributed by atoms with E-state index in [0.29, 0.717) is 19.8 Å². The van der Waals surface area contributed by atoms with Crippen LogP contribution in [0.2, 0.25) is 0 Å². The standard InChI is InChI=1S/C18H13I2NO4S/c1-25-14-7-11(6-13(20)16(14)22)8-15-17(23)21(18(24)26-15)9-10-2-4-12(19)5-3-10/h2-8,22H,9H2,1H3/b15-8-. The number of carbonyl (C=O) groups excluding carboxylic acids is 2. The highest BCUT2D eigenvalue weighted by Crippen LogP contribution is 2.36. The Morgan fingerprint density at radius 3 is 2.54 bits per heavy atom. The molecule has 2 aromatic rings. The van der Waals surface area contributed by atoms with E-state index in [0.717, 1.165) is 20.9 Å². The third-order valence-electron chi connectivity index (χ3n) is 3.70. The molecule has 26 heavy (non-hydrogen) atoms. The first-order chi connectivity index (χ1) is 12.4. The van der Waals surface area contributed by atoms with E-state index in [2.05, 4.69) is 22.6 Å². The number of hydrogen-bond acceptors (Lipinski definition) is 5. The summed E-state index contributed by atoms with van der Waals surface area (Å²) in [6.07, 6.45) is 1.64. The number of carbonyl (C=O) groups is 2. The molecule has 0 aliphatic carbocycles. The van der Waals surface area contributed by atoms with Crippen molar-refractivity contribution in [2.24, 2.45) is 0 Å². The number of hydrogen-bond donors (Lipinski definition) is 1. The van der Waals surface area contributed by atoms with Gasteiger partial charge in [-0.2, -0.15) is 0 Å².